The second kappa shape index (κ2) is 10.6. The van der Waals surface area contributed by atoms with E-state index in [-0.39, 0.29) is 36.8 Å². The second-order valence-electron chi connectivity index (χ2n) is 10.8. The number of pyridine rings is 1. The third-order valence-electron chi connectivity index (χ3n) is 7.87. The molecule has 3 aliphatic rings. The van der Waals surface area contributed by atoms with Gasteiger partial charge in [-0.05, 0) is 25.8 Å². The molecule has 4 heterocycles. The van der Waals surface area contributed by atoms with Crippen molar-refractivity contribution in [2.75, 3.05) is 13.7 Å². The van der Waals surface area contributed by atoms with Crippen molar-refractivity contribution in [3.05, 3.63) is 63.1 Å². The van der Waals surface area contributed by atoms with Crippen LogP contribution >= 0.6 is 0 Å². The molecular weight excluding hydrogens is 542 g/mol. The Morgan fingerprint density at radius 3 is 2.68 bits per heavy atom. The van der Waals surface area contributed by atoms with Gasteiger partial charge in [-0.2, -0.15) is 0 Å². The predicted molar refractivity (Wildman–Crippen MR) is 140 cm³/mol. The molecular formula is C28H30F2N4O7. The van der Waals surface area contributed by atoms with Crippen LogP contribution in [0.5, 0.6) is 5.75 Å². The van der Waals surface area contributed by atoms with Crippen LogP contribution in [0.1, 0.15) is 72.5 Å². The van der Waals surface area contributed by atoms with Crippen LogP contribution in [0.25, 0.3) is 0 Å². The largest absolute Gasteiger partial charge is 0.482 e. The maximum atomic E-state index is 14.2. The van der Waals surface area contributed by atoms with Crippen molar-refractivity contribution in [2.45, 2.75) is 64.3 Å². The molecule has 218 valence electrons. The fourth-order valence-electron chi connectivity index (χ4n) is 5.43. The van der Waals surface area contributed by atoms with E-state index in [0.29, 0.717) is 24.8 Å². The summed E-state index contributed by atoms with van der Waals surface area (Å²) in [6, 6.07) is 2.04. The number of nitrogens with zero attached hydrogens (tertiary/aromatic N) is 3. The number of rotatable bonds is 5. The minimum Gasteiger partial charge on any atom is -0.482 e. The van der Waals surface area contributed by atoms with Crippen LogP contribution in [-0.4, -0.2) is 58.4 Å². The molecule has 0 saturated carbocycles. The fourth-order valence-corrected chi connectivity index (χ4v) is 5.43. The zero-order chi connectivity index (χ0) is 29.6. The summed E-state index contributed by atoms with van der Waals surface area (Å²) in [4.78, 5) is 61.1. The van der Waals surface area contributed by atoms with E-state index >= 15 is 0 Å². The summed E-state index contributed by atoms with van der Waals surface area (Å²) < 4.78 is 39.8. The van der Waals surface area contributed by atoms with Gasteiger partial charge in [-0.1, -0.05) is 25.1 Å². The third-order valence-corrected chi connectivity index (χ3v) is 7.87. The summed E-state index contributed by atoms with van der Waals surface area (Å²) in [5.74, 6) is -4.69. The summed E-state index contributed by atoms with van der Waals surface area (Å²) in [7, 11) is 1.47. The number of carbonyl (C=O) groups excluding carboxylic acids is 3. The highest BCUT2D eigenvalue weighted by Crippen LogP contribution is 2.46. The zero-order valence-electron chi connectivity index (χ0n) is 23.0. The summed E-state index contributed by atoms with van der Waals surface area (Å²) in [5.41, 5.74) is -2.55. The number of nitrogens with one attached hydrogen (secondary N) is 1. The van der Waals surface area contributed by atoms with E-state index in [4.69, 9.17) is 14.3 Å². The number of amides is 2. The molecule has 1 spiro atoms. The van der Waals surface area contributed by atoms with Crippen molar-refractivity contribution < 1.29 is 37.5 Å². The molecule has 0 unspecified atom stereocenters. The van der Waals surface area contributed by atoms with Crippen molar-refractivity contribution in [1.29, 1.82) is 0 Å². The quantitative estimate of drug-likeness (QED) is 0.546. The maximum absolute atomic E-state index is 14.2. The first-order chi connectivity index (χ1) is 19.5. The van der Waals surface area contributed by atoms with Gasteiger partial charge in [0.05, 0.1) is 25.5 Å². The zero-order valence-corrected chi connectivity index (χ0v) is 23.0. The Morgan fingerprint density at radius 1 is 1.27 bits per heavy atom. The van der Waals surface area contributed by atoms with Gasteiger partial charge in [-0.15, -0.1) is 0 Å². The third kappa shape index (κ3) is 4.93. The number of benzene rings is 1. The van der Waals surface area contributed by atoms with Gasteiger partial charge in [0.1, 0.15) is 17.2 Å². The van der Waals surface area contributed by atoms with E-state index < -0.39 is 63.7 Å². The van der Waals surface area contributed by atoms with Gasteiger partial charge < -0.3 is 29.1 Å². The van der Waals surface area contributed by atoms with Crippen molar-refractivity contribution in [2.24, 2.45) is 11.1 Å². The normalized spacial score (nSPS) is 23.0. The van der Waals surface area contributed by atoms with Gasteiger partial charge in [0.15, 0.2) is 11.3 Å². The van der Waals surface area contributed by atoms with Crippen molar-refractivity contribution in [1.82, 2.24) is 14.8 Å². The highest BCUT2D eigenvalue weighted by molar-refractivity contribution is 6.00. The minimum absolute atomic E-state index is 0.00426. The Morgan fingerprint density at radius 2 is 2.02 bits per heavy atom. The number of methoxy groups -OCH3 is 1. The number of carbonyl (C=O) groups is 3. The van der Waals surface area contributed by atoms with Crippen LogP contribution in [0, 0.1) is 17.6 Å². The van der Waals surface area contributed by atoms with Crippen LogP contribution in [-0.2, 0) is 20.9 Å². The molecule has 2 bridgehead atoms. The Bertz CT molecular complexity index is 1520. The van der Waals surface area contributed by atoms with E-state index in [1.807, 2.05) is 6.92 Å². The molecule has 3 atom stereocenters. The Labute approximate surface area is 234 Å². The number of hydrogen-bond donors (Lipinski definition) is 1. The van der Waals surface area contributed by atoms with Gasteiger partial charge in [0, 0.05) is 37.0 Å². The molecule has 1 aromatic carbocycles. The Kier molecular flexibility index (Phi) is 7.30. The molecule has 41 heavy (non-hydrogen) atoms. The Hall–Kier alpha value is -4.29. The Balaban J connectivity index is 1.63. The predicted octanol–water partition coefficient (Wildman–Crippen LogP) is 2.92. The molecule has 11 nitrogen and oxygen atoms in total. The van der Waals surface area contributed by atoms with Crippen molar-refractivity contribution >= 4 is 23.7 Å². The summed E-state index contributed by atoms with van der Waals surface area (Å²) in [6.07, 6.45) is 2.57. The fraction of sp³-hybridized carbons (Fsp3) is 0.464. The number of fused-ring (bicyclic) bond motifs is 5. The number of esters is 1. The number of hydrogen-bond acceptors (Lipinski definition) is 8. The molecule has 2 amide bonds. The van der Waals surface area contributed by atoms with Crippen molar-refractivity contribution in [3.63, 3.8) is 0 Å². The monoisotopic (exact) mass is 572 g/mol. The standard InChI is InChI=1S/C28H30F2N4O7/c1-14(2)27(38)40-24-22-26(37)33-13-20(28(8-7-15(33)3)10-21(39-4)32-41-28)34(22)12-18(23(24)35)25(36)31-11-16-5-6-17(29)9-19(16)30/h5-6,9,12,14-15,20H,7-8,10-11,13H2,1-4H3,(H,31,36)/t15-,20+,28-/m0/s1. The van der Waals surface area contributed by atoms with Gasteiger partial charge in [-0.25, -0.2) is 8.78 Å². The lowest BCUT2D eigenvalue weighted by Crippen LogP contribution is -2.52. The van der Waals surface area contributed by atoms with Gasteiger partial charge in [0.2, 0.25) is 17.1 Å². The molecule has 0 aliphatic carbocycles. The second-order valence-corrected chi connectivity index (χ2v) is 10.8. The first-order valence-electron chi connectivity index (χ1n) is 13.3. The lowest BCUT2D eigenvalue weighted by Gasteiger charge is -2.41. The van der Waals surface area contributed by atoms with Crippen molar-refractivity contribution in [3.8, 4) is 5.75 Å². The van der Waals surface area contributed by atoms with Crippen LogP contribution < -0.4 is 15.5 Å². The van der Waals surface area contributed by atoms with E-state index in [2.05, 4.69) is 10.5 Å². The first-order valence-corrected chi connectivity index (χ1v) is 13.3. The molecule has 1 fully saturated rings. The average molecular weight is 573 g/mol. The van der Waals surface area contributed by atoms with E-state index in [0.717, 1.165) is 6.07 Å². The van der Waals surface area contributed by atoms with E-state index in [9.17, 15) is 28.0 Å². The molecule has 0 radical (unpaired) electrons. The van der Waals surface area contributed by atoms with Gasteiger partial charge in [0.25, 0.3) is 11.8 Å². The molecule has 1 N–H and O–H groups in total. The molecule has 1 saturated heterocycles. The van der Waals surface area contributed by atoms with Crippen LogP contribution in [0.4, 0.5) is 8.78 Å². The highest BCUT2D eigenvalue weighted by Gasteiger charge is 2.55. The maximum Gasteiger partial charge on any atom is 0.313 e. The number of aromatic nitrogens is 1. The molecule has 13 heteroatoms. The van der Waals surface area contributed by atoms with E-state index in [1.165, 1.54) is 23.9 Å². The van der Waals surface area contributed by atoms with Crippen LogP contribution in [0.3, 0.4) is 0 Å². The van der Waals surface area contributed by atoms with E-state index in [1.54, 1.807) is 18.7 Å². The highest BCUT2D eigenvalue weighted by atomic mass is 19.1. The molecule has 5 rings (SSSR count). The van der Waals surface area contributed by atoms with Gasteiger partial charge >= 0.3 is 5.97 Å². The SMILES string of the molecule is COC1=NO[C@@]2(CC[C@H](C)N3C[C@H]2n2cc(C(=O)NCc4ccc(F)cc4F)c(=O)c(OC(=O)C(C)C)c2C3=O)C1. The topological polar surface area (TPSA) is 129 Å². The smallest absolute Gasteiger partial charge is 0.313 e. The van der Waals surface area contributed by atoms with Gasteiger partial charge in [-0.3, -0.25) is 19.2 Å². The molecule has 2 aromatic rings. The lowest BCUT2D eigenvalue weighted by atomic mass is 9.85. The number of halogens is 2. The summed E-state index contributed by atoms with van der Waals surface area (Å²) in [6.45, 7) is 4.85. The molecule has 1 aromatic heterocycles. The lowest BCUT2D eigenvalue weighted by molar-refractivity contribution is -0.137. The summed E-state index contributed by atoms with van der Waals surface area (Å²) in [5, 5.41) is 6.54. The number of oxime groups is 1. The van der Waals surface area contributed by atoms with Crippen LogP contribution in [0.2, 0.25) is 0 Å². The van der Waals surface area contributed by atoms with Crippen LogP contribution in [0.15, 0.2) is 34.3 Å². The molecule has 3 aliphatic heterocycles. The average Bonchev–Trinajstić information content (AvgIpc) is 3.31. The number of ether oxygens (including phenoxy) is 2. The first kappa shape index (κ1) is 28.2. The summed E-state index contributed by atoms with van der Waals surface area (Å²) >= 11 is 0. The minimum atomic E-state index is -0.974.